The summed E-state index contributed by atoms with van der Waals surface area (Å²) in [5, 5.41) is 0. The standard InChI is InChI=1S/C12H20N2O/c1-11-3-5-12(6-4-11)15-10-9-14(2)8-7-13/h3-6H,7-10,13H2,1-2H3. The topological polar surface area (TPSA) is 38.5 Å². The van der Waals surface area contributed by atoms with Crippen molar-refractivity contribution in [3.05, 3.63) is 29.8 Å². The zero-order valence-electron chi connectivity index (χ0n) is 9.57. The minimum absolute atomic E-state index is 0.695. The van der Waals surface area contributed by atoms with Crippen LogP contribution in [-0.2, 0) is 0 Å². The Labute approximate surface area is 91.8 Å². The van der Waals surface area contributed by atoms with E-state index in [1.165, 1.54) is 5.56 Å². The molecule has 0 fully saturated rings. The number of likely N-dealkylation sites (N-methyl/N-ethyl adjacent to an activating group) is 1. The van der Waals surface area contributed by atoms with Gasteiger partial charge in [0.15, 0.2) is 0 Å². The van der Waals surface area contributed by atoms with E-state index in [1.54, 1.807) is 0 Å². The Hall–Kier alpha value is -1.06. The number of hydrogen-bond acceptors (Lipinski definition) is 3. The summed E-state index contributed by atoms with van der Waals surface area (Å²) in [7, 11) is 2.05. The van der Waals surface area contributed by atoms with Gasteiger partial charge in [0.1, 0.15) is 12.4 Å². The fourth-order valence-corrected chi connectivity index (χ4v) is 1.29. The van der Waals surface area contributed by atoms with E-state index in [1.807, 2.05) is 19.2 Å². The minimum Gasteiger partial charge on any atom is -0.492 e. The van der Waals surface area contributed by atoms with Gasteiger partial charge in [-0.3, -0.25) is 0 Å². The van der Waals surface area contributed by atoms with E-state index in [9.17, 15) is 0 Å². The van der Waals surface area contributed by atoms with Crippen LogP contribution in [0.15, 0.2) is 24.3 Å². The van der Waals surface area contributed by atoms with Crippen LogP contribution in [0.2, 0.25) is 0 Å². The van der Waals surface area contributed by atoms with Crippen molar-refractivity contribution in [3.8, 4) is 5.75 Å². The van der Waals surface area contributed by atoms with Crippen molar-refractivity contribution in [2.45, 2.75) is 6.92 Å². The largest absolute Gasteiger partial charge is 0.492 e. The van der Waals surface area contributed by atoms with Crippen LogP contribution in [0.4, 0.5) is 0 Å². The lowest BCUT2D eigenvalue weighted by atomic mass is 10.2. The SMILES string of the molecule is Cc1ccc(OCCN(C)CCN)cc1. The van der Waals surface area contributed by atoms with E-state index in [0.29, 0.717) is 13.2 Å². The Morgan fingerprint density at radius 3 is 2.47 bits per heavy atom. The van der Waals surface area contributed by atoms with Crippen molar-refractivity contribution in [1.82, 2.24) is 4.90 Å². The first-order valence-electron chi connectivity index (χ1n) is 5.30. The number of nitrogens with zero attached hydrogens (tertiary/aromatic N) is 1. The molecule has 0 saturated heterocycles. The number of nitrogens with two attached hydrogens (primary N) is 1. The van der Waals surface area contributed by atoms with Gasteiger partial charge in [0.2, 0.25) is 0 Å². The molecule has 0 bridgehead atoms. The molecule has 0 atom stereocenters. The fraction of sp³-hybridized carbons (Fsp3) is 0.500. The molecule has 15 heavy (non-hydrogen) atoms. The summed E-state index contributed by atoms with van der Waals surface area (Å²) in [6, 6.07) is 8.11. The van der Waals surface area contributed by atoms with Crippen molar-refractivity contribution in [2.75, 3.05) is 33.3 Å². The molecule has 1 aromatic rings. The first-order chi connectivity index (χ1) is 7.22. The molecular weight excluding hydrogens is 188 g/mol. The highest BCUT2D eigenvalue weighted by Crippen LogP contribution is 2.10. The highest BCUT2D eigenvalue weighted by molar-refractivity contribution is 5.26. The predicted octanol–water partition coefficient (Wildman–Crippen LogP) is 1.26. The van der Waals surface area contributed by atoms with Gasteiger partial charge in [0.05, 0.1) is 0 Å². The van der Waals surface area contributed by atoms with Crippen molar-refractivity contribution in [1.29, 1.82) is 0 Å². The molecule has 0 amide bonds. The zero-order chi connectivity index (χ0) is 11.1. The number of benzene rings is 1. The first kappa shape index (κ1) is 12.0. The molecule has 0 aliphatic rings. The van der Waals surface area contributed by atoms with Crippen LogP contribution in [0.3, 0.4) is 0 Å². The van der Waals surface area contributed by atoms with Crippen molar-refractivity contribution >= 4 is 0 Å². The van der Waals surface area contributed by atoms with Crippen LogP contribution in [0.1, 0.15) is 5.56 Å². The van der Waals surface area contributed by atoms with Crippen LogP contribution in [0, 0.1) is 6.92 Å². The third kappa shape index (κ3) is 4.81. The van der Waals surface area contributed by atoms with Crippen molar-refractivity contribution < 1.29 is 4.74 Å². The van der Waals surface area contributed by atoms with Gasteiger partial charge in [-0.05, 0) is 26.1 Å². The smallest absolute Gasteiger partial charge is 0.119 e. The summed E-state index contributed by atoms with van der Waals surface area (Å²) < 4.78 is 5.60. The summed E-state index contributed by atoms with van der Waals surface area (Å²) in [4.78, 5) is 2.16. The molecule has 0 radical (unpaired) electrons. The minimum atomic E-state index is 0.695. The molecule has 0 heterocycles. The number of rotatable bonds is 6. The predicted molar refractivity (Wildman–Crippen MR) is 63.2 cm³/mol. The van der Waals surface area contributed by atoms with Gasteiger partial charge < -0.3 is 15.4 Å². The Morgan fingerprint density at radius 1 is 1.20 bits per heavy atom. The Balaban J connectivity index is 2.22. The lowest BCUT2D eigenvalue weighted by molar-refractivity contribution is 0.241. The molecule has 0 aromatic heterocycles. The summed E-state index contributed by atoms with van der Waals surface area (Å²) in [5.41, 5.74) is 6.70. The molecule has 84 valence electrons. The molecule has 0 unspecified atom stereocenters. The molecule has 1 aromatic carbocycles. The highest BCUT2D eigenvalue weighted by atomic mass is 16.5. The molecule has 3 heteroatoms. The van der Waals surface area contributed by atoms with Gasteiger partial charge in [-0.15, -0.1) is 0 Å². The van der Waals surface area contributed by atoms with Crippen LogP contribution in [0.5, 0.6) is 5.75 Å². The Morgan fingerprint density at radius 2 is 1.87 bits per heavy atom. The van der Waals surface area contributed by atoms with Gasteiger partial charge in [0, 0.05) is 19.6 Å². The van der Waals surface area contributed by atoms with Gasteiger partial charge in [-0.2, -0.15) is 0 Å². The molecule has 0 saturated carbocycles. The molecule has 0 aliphatic carbocycles. The maximum Gasteiger partial charge on any atom is 0.119 e. The van der Waals surface area contributed by atoms with E-state index < -0.39 is 0 Å². The monoisotopic (exact) mass is 208 g/mol. The second kappa shape index (κ2) is 6.43. The average Bonchev–Trinajstić information content (AvgIpc) is 2.21. The maximum absolute atomic E-state index is 5.60. The van der Waals surface area contributed by atoms with Gasteiger partial charge >= 0.3 is 0 Å². The first-order valence-corrected chi connectivity index (χ1v) is 5.30. The third-order valence-corrected chi connectivity index (χ3v) is 2.27. The van der Waals surface area contributed by atoms with E-state index in [4.69, 9.17) is 10.5 Å². The zero-order valence-corrected chi connectivity index (χ0v) is 9.57. The number of ether oxygens (including phenoxy) is 1. The molecule has 2 N–H and O–H groups in total. The molecule has 0 aliphatic heterocycles. The maximum atomic E-state index is 5.60. The van der Waals surface area contributed by atoms with Crippen LogP contribution in [0.25, 0.3) is 0 Å². The van der Waals surface area contributed by atoms with Crippen molar-refractivity contribution in [3.63, 3.8) is 0 Å². The second-order valence-corrected chi connectivity index (χ2v) is 3.75. The summed E-state index contributed by atoms with van der Waals surface area (Å²) in [6.45, 7) is 5.29. The lowest BCUT2D eigenvalue weighted by Gasteiger charge is -2.15. The van der Waals surface area contributed by atoms with Gasteiger partial charge in [-0.1, -0.05) is 17.7 Å². The summed E-state index contributed by atoms with van der Waals surface area (Å²) >= 11 is 0. The van der Waals surface area contributed by atoms with E-state index >= 15 is 0 Å². The second-order valence-electron chi connectivity index (χ2n) is 3.75. The average molecular weight is 208 g/mol. The van der Waals surface area contributed by atoms with E-state index in [2.05, 4.69) is 24.0 Å². The number of hydrogen-bond donors (Lipinski definition) is 1. The van der Waals surface area contributed by atoms with Crippen molar-refractivity contribution in [2.24, 2.45) is 5.73 Å². The van der Waals surface area contributed by atoms with Gasteiger partial charge in [0.25, 0.3) is 0 Å². The fourth-order valence-electron chi connectivity index (χ4n) is 1.29. The van der Waals surface area contributed by atoms with Crippen LogP contribution < -0.4 is 10.5 Å². The van der Waals surface area contributed by atoms with Crippen LogP contribution in [-0.4, -0.2) is 38.2 Å². The van der Waals surface area contributed by atoms with Crippen LogP contribution >= 0.6 is 0 Å². The number of aryl methyl sites for hydroxylation is 1. The summed E-state index contributed by atoms with van der Waals surface area (Å²) in [5.74, 6) is 0.932. The highest BCUT2D eigenvalue weighted by Gasteiger charge is 1.97. The Kier molecular flexibility index (Phi) is 5.15. The van der Waals surface area contributed by atoms with E-state index in [-0.39, 0.29) is 0 Å². The lowest BCUT2D eigenvalue weighted by Crippen LogP contribution is -2.29. The quantitative estimate of drug-likeness (QED) is 0.765. The molecule has 1 rings (SSSR count). The van der Waals surface area contributed by atoms with E-state index in [0.717, 1.165) is 18.8 Å². The molecular formula is C12H20N2O. The third-order valence-electron chi connectivity index (χ3n) is 2.27. The Bertz CT molecular complexity index is 271. The summed E-state index contributed by atoms with van der Waals surface area (Å²) in [6.07, 6.45) is 0. The normalized spacial score (nSPS) is 10.7. The molecule has 0 spiro atoms. The van der Waals surface area contributed by atoms with Gasteiger partial charge in [-0.25, -0.2) is 0 Å². The molecule has 3 nitrogen and oxygen atoms in total.